The van der Waals surface area contributed by atoms with Crippen LogP contribution in [0.1, 0.15) is 23.6 Å². The van der Waals surface area contributed by atoms with Gasteiger partial charge in [-0.05, 0) is 29.8 Å². The standard InChI is InChI=1S/C18H16ClNO3/c19-12-5-6-15-11(9-12)10-17(23-15)18(21)20-14-7-8-22-16-4-2-1-3-13(14)16/h1-6,9,14,17H,7-8,10H2,(H,20,21). The maximum Gasteiger partial charge on any atom is 0.261 e. The van der Waals surface area contributed by atoms with E-state index < -0.39 is 6.10 Å². The van der Waals surface area contributed by atoms with Gasteiger partial charge in [-0.15, -0.1) is 0 Å². The van der Waals surface area contributed by atoms with Gasteiger partial charge in [-0.25, -0.2) is 0 Å². The molecule has 4 nitrogen and oxygen atoms in total. The lowest BCUT2D eigenvalue weighted by molar-refractivity contribution is -0.128. The van der Waals surface area contributed by atoms with E-state index in [0.29, 0.717) is 18.1 Å². The van der Waals surface area contributed by atoms with Crippen molar-refractivity contribution >= 4 is 17.5 Å². The van der Waals surface area contributed by atoms with E-state index >= 15 is 0 Å². The van der Waals surface area contributed by atoms with Crippen LogP contribution in [0.2, 0.25) is 5.02 Å². The lowest BCUT2D eigenvalue weighted by Gasteiger charge is -2.27. The Morgan fingerprint density at radius 1 is 1.17 bits per heavy atom. The number of halogens is 1. The van der Waals surface area contributed by atoms with Gasteiger partial charge in [-0.2, -0.15) is 0 Å². The number of para-hydroxylation sites is 1. The van der Waals surface area contributed by atoms with E-state index in [0.717, 1.165) is 29.0 Å². The molecule has 2 atom stereocenters. The summed E-state index contributed by atoms with van der Waals surface area (Å²) in [5.41, 5.74) is 2.00. The summed E-state index contributed by atoms with van der Waals surface area (Å²) in [7, 11) is 0. The van der Waals surface area contributed by atoms with Gasteiger partial charge in [0, 0.05) is 23.4 Å². The smallest absolute Gasteiger partial charge is 0.261 e. The maximum atomic E-state index is 12.6. The summed E-state index contributed by atoms with van der Waals surface area (Å²) >= 11 is 5.99. The lowest BCUT2D eigenvalue weighted by atomic mass is 10.00. The molecule has 4 rings (SSSR count). The number of nitrogens with one attached hydrogen (secondary N) is 1. The molecule has 0 aromatic heterocycles. The largest absolute Gasteiger partial charge is 0.493 e. The number of carbonyl (C=O) groups is 1. The first-order valence-electron chi connectivity index (χ1n) is 7.68. The van der Waals surface area contributed by atoms with Crippen LogP contribution >= 0.6 is 11.6 Å². The van der Waals surface area contributed by atoms with Crippen LogP contribution < -0.4 is 14.8 Å². The average molecular weight is 330 g/mol. The number of amides is 1. The van der Waals surface area contributed by atoms with Gasteiger partial charge in [-0.1, -0.05) is 29.8 Å². The van der Waals surface area contributed by atoms with Crippen LogP contribution in [0.15, 0.2) is 42.5 Å². The third-order valence-corrected chi connectivity index (χ3v) is 4.50. The normalized spacial score (nSPS) is 21.6. The monoisotopic (exact) mass is 329 g/mol. The van der Waals surface area contributed by atoms with Crippen molar-refractivity contribution in [2.45, 2.75) is 25.0 Å². The van der Waals surface area contributed by atoms with Crippen molar-refractivity contribution in [1.82, 2.24) is 5.32 Å². The highest BCUT2D eigenvalue weighted by Crippen LogP contribution is 2.34. The van der Waals surface area contributed by atoms with Gasteiger partial charge < -0.3 is 14.8 Å². The lowest BCUT2D eigenvalue weighted by Crippen LogP contribution is -2.41. The van der Waals surface area contributed by atoms with Gasteiger partial charge in [0.1, 0.15) is 11.5 Å². The van der Waals surface area contributed by atoms with Crippen molar-refractivity contribution in [3.63, 3.8) is 0 Å². The predicted octanol–water partition coefficient (Wildman–Crippen LogP) is 3.28. The van der Waals surface area contributed by atoms with Crippen LogP contribution in [0.4, 0.5) is 0 Å². The Kier molecular flexibility index (Phi) is 3.62. The molecule has 2 aromatic carbocycles. The van der Waals surface area contributed by atoms with Crippen LogP contribution in [0, 0.1) is 0 Å². The Labute approximate surface area is 139 Å². The molecule has 2 aliphatic heterocycles. The Morgan fingerprint density at radius 3 is 2.96 bits per heavy atom. The quantitative estimate of drug-likeness (QED) is 0.919. The molecule has 2 unspecified atom stereocenters. The first-order valence-corrected chi connectivity index (χ1v) is 8.06. The minimum absolute atomic E-state index is 0.0386. The molecular weight excluding hydrogens is 314 g/mol. The summed E-state index contributed by atoms with van der Waals surface area (Å²) in [6.45, 7) is 0.601. The van der Waals surface area contributed by atoms with Crippen molar-refractivity contribution < 1.29 is 14.3 Å². The van der Waals surface area contributed by atoms with Crippen LogP contribution in [0.25, 0.3) is 0 Å². The molecule has 2 aliphatic rings. The second kappa shape index (κ2) is 5.78. The van der Waals surface area contributed by atoms with Gasteiger partial charge in [0.15, 0.2) is 6.10 Å². The number of hydrogen-bond donors (Lipinski definition) is 1. The Morgan fingerprint density at radius 2 is 2.04 bits per heavy atom. The van der Waals surface area contributed by atoms with Crippen molar-refractivity contribution in [3.05, 3.63) is 58.6 Å². The summed E-state index contributed by atoms with van der Waals surface area (Å²) in [4.78, 5) is 12.6. The van der Waals surface area contributed by atoms with Crippen molar-refractivity contribution in [3.8, 4) is 11.5 Å². The number of hydrogen-bond acceptors (Lipinski definition) is 3. The van der Waals surface area contributed by atoms with E-state index in [-0.39, 0.29) is 11.9 Å². The van der Waals surface area contributed by atoms with Gasteiger partial charge >= 0.3 is 0 Å². The molecule has 0 fully saturated rings. The molecule has 1 amide bonds. The summed E-state index contributed by atoms with van der Waals surface area (Å²) in [5.74, 6) is 1.48. The minimum atomic E-state index is -0.501. The molecule has 0 bridgehead atoms. The SMILES string of the molecule is O=C(NC1CCOc2ccccc21)C1Cc2cc(Cl)ccc2O1. The average Bonchev–Trinajstić information content (AvgIpc) is 2.98. The second-order valence-electron chi connectivity index (χ2n) is 5.80. The van der Waals surface area contributed by atoms with Crippen LogP contribution in [0.5, 0.6) is 11.5 Å². The molecule has 1 N–H and O–H groups in total. The maximum absolute atomic E-state index is 12.6. The zero-order chi connectivity index (χ0) is 15.8. The van der Waals surface area contributed by atoms with Crippen molar-refractivity contribution in [2.24, 2.45) is 0 Å². The number of carbonyl (C=O) groups excluding carboxylic acids is 1. The summed E-state index contributed by atoms with van der Waals surface area (Å²) < 4.78 is 11.4. The molecule has 0 aliphatic carbocycles. The highest BCUT2D eigenvalue weighted by molar-refractivity contribution is 6.30. The van der Waals surface area contributed by atoms with E-state index in [1.54, 1.807) is 6.07 Å². The number of benzene rings is 2. The zero-order valence-electron chi connectivity index (χ0n) is 12.4. The number of ether oxygens (including phenoxy) is 2. The second-order valence-corrected chi connectivity index (χ2v) is 6.24. The van der Waals surface area contributed by atoms with Crippen molar-refractivity contribution in [1.29, 1.82) is 0 Å². The van der Waals surface area contributed by atoms with Gasteiger partial charge in [-0.3, -0.25) is 4.79 Å². The third-order valence-electron chi connectivity index (χ3n) is 4.26. The fraction of sp³-hybridized carbons (Fsp3) is 0.278. The molecule has 2 heterocycles. The summed E-state index contributed by atoms with van der Waals surface area (Å²) in [6, 6.07) is 13.2. The number of fused-ring (bicyclic) bond motifs is 2. The zero-order valence-corrected chi connectivity index (χ0v) is 13.2. The molecule has 0 spiro atoms. The van der Waals surface area contributed by atoms with Gasteiger partial charge in [0.25, 0.3) is 5.91 Å². The Bertz CT molecular complexity index is 762. The molecule has 5 heteroatoms. The highest BCUT2D eigenvalue weighted by atomic mass is 35.5. The van der Waals surface area contributed by atoms with E-state index in [1.807, 2.05) is 36.4 Å². The molecule has 23 heavy (non-hydrogen) atoms. The van der Waals surface area contributed by atoms with Crippen LogP contribution in [0.3, 0.4) is 0 Å². The first-order chi connectivity index (χ1) is 11.2. The topological polar surface area (TPSA) is 47.6 Å². The van der Waals surface area contributed by atoms with E-state index in [1.165, 1.54) is 0 Å². The first kappa shape index (κ1) is 14.4. The van der Waals surface area contributed by atoms with Gasteiger partial charge in [0.2, 0.25) is 0 Å². The molecule has 118 valence electrons. The Balaban J connectivity index is 1.48. The van der Waals surface area contributed by atoms with E-state index in [4.69, 9.17) is 21.1 Å². The molecule has 2 aromatic rings. The molecule has 0 saturated heterocycles. The van der Waals surface area contributed by atoms with Gasteiger partial charge in [0.05, 0.1) is 12.6 Å². The predicted molar refractivity (Wildman–Crippen MR) is 87.0 cm³/mol. The highest BCUT2D eigenvalue weighted by Gasteiger charge is 2.32. The molecule has 0 radical (unpaired) electrons. The third kappa shape index (κ3) is 2.75. The van der Waals surface area contributed by atoms with Crippen LogP contribution in [-0.4, -0.2) is 18.6 Å². The minimum Gasteiger partial charge on any atom is -0.493 e. The fourth-order valence-electron chi connectivity index (χ4n) is 3.12. The summed E-state index contributed by atoms with van der Waals surface area (Å²) in [5, 5.41) is 3.75. The molecule has 0 saturated carbocycles. The van der Waals surface area contributed by atoms with E-state index in [2.05, 4.69) is 5.32 Å². The fourth-order valence-corrected chi connectivity index (χ4v) is 3.31. The number of rotatable bonds is 2. The molecular formula is C18H16ClNO3. The van der Waals surface area contributed by atoms with E-state index in [9.17, 15) is 4.79 Å². The van der Waals surface area contributed by atoms with Crippen LogP contribution in [-0.2, 0) is 11.2 Å². The Hall–Kier alpha value is -2.20. The summed E-state index contributed by atoms with van der Waals surface area (Å²) in [6.07, 6.45) is 0.805. The van der Waals surface area contributed by atoms with Crippen molar-refractivity contribution in [2.75, 3.05) is 6.61 Å².